The minimum absolute atomic E-state index is 0.291. The standard InChI is InChI=1S/C14H30N4S2/c1-15-5-9-17(10-6-15)4-3-13(19)14(20)18-11-7-16(2)8-12-18/h13-14,19-20H,3-12H2,1-2H3. The molecule has 2 saturated heterocycles. The van der Waals surface area contributed by atoms with E-state index in [1.54, 1.807) is 0 Å². The molecule has 2 heterocycles. The van der Waals surface area contributed by atoms with Gasteiger partial charge in [-0.25, -0.2) is 0 Å². The number of likely N-dealkylation sites (N-methyl/N-ethyl adjacent to an activating group) is 2. The maximum absolute atomic E-state index is 4.81. The van der Waals surface area contributed by atoms with Crippen molar-refractivity contribution in [1.29, 1.82) is 0 Å². The first kappa shape index (κ1) is 16.9. The van der Waals surface area contributed by atoms with Gasteiger partial charge in [-0.3, -0.25) is 4.90 Å². The molecule has 0 amide bonds. The zero-order valence-corrected chi connectivity index (χ0v) is 14.7. The Kier molecular flexibility index (Phi) is 6.97. The second-order valence-corrected chi connectivity index (χ2v) is 7.45. The first-order valence-corrected chi connectivity index (χ1v) is 8.79. The van der Waals surface area contributed by atoms with Gasteiger partial charge in [0.25, 0.3) is 0 Å². The average Bonchev–Trinajstić information content (AvgIpc) is 2.46. The van der Waals surface area contributed by atoms with E-state index in [2.05, 4.69) is 33.7 Å². The van der Waals surface area contributed by atoms with E-state index in [-0.39, 0.29) is 0 Å². The van der Waals surface area contributed by atoms with E-state index in [0.717, 1.165) is 39.1 Å². The van der Waals surface area contributed by atoms with Gasteiger partial charge in [-0.15, -0.1) is 0 Å². The molecule has 0 aromatic rings. The van der Waals surface area contributed by atoms with Gasteiger partial charge in [0.15, 0.2) is 0 Å². The Morgan fingerprint density at radius 3 is 1.85 bits per heavy atom. The Morgan fingerprint density at radius 1 is 0.800 bits per heavy atom. The monoisotopic (exact) mass is 318 g/mol. The van der Waals surface area contributed by atoms with Crippen LogP contribution in [0, 0.1) is 0 Å². The third-order valence-electron chi connectivity index (χ3n) is 4.59. The van der Waals surface area contributed by atoms with Crippen molar-refractivity contribution in [3.05, 3.63) is 0 Å². The first-order valence-electron chi connectivity index (χ1n) is 7.76. The van der Waals surface area contributed by atoms with Crippen molar-refractivity contribution in [1.82, 2.24) is 19.6 Å². The fourth-order valence-electron chi connectivity index (χ4n) is 2.87. The topological polar surface area (TPSA) is 13.0 Å². The molecule has 2 rings (SSSR count). The molecule has 2 atom stereocenters. The summed E-state index contributed by atoms with van der Waals surface area (Å²) in [4.78, 5) is 9.83. The summed E-state index contributed by atoms with van der Waals surface area (Å²) < 4.78 is 0. The zero-order chi connectivity index (χ0) is 14.5. The number of hydrogen-bond donors (Lipinski definition) is 2. The van der Waals surface area contributed by atoms with E-state index in [1.807, 2.05) is 0 Å². The van der Waals surface area contributed by atoms with Crippen LogP contribution < -0.4 is 0 Å². The molecule has 0 radical (unpaired) electrons. The molecule has 2 fully saturated rings. The molecule has 20 heavy (non-hydrogen) atoms. The Hall–Kier alpha value is 0.540. The number of nitrogens with zero attached hydrogens (tertiary/aromatic N) is 4. The lowest BCUT2D eigenvalue weighted by molar-refractivity contribution is 0.133. The molecule has 0 aliphatic carbocycles. The van der Waals surface area contributed by atoms with Gasteiger partial charge < -0.3 is 14.7 Å². The quantitative estimate of drug-likeness (QED) is 0.713. The largest absolute Gasteiger partial charge is 0.304 e. The van der Waals surface area contributed by atoms with Crippen LogP contribution in [0.15, 0.2) is 0 Å². The van der Waals surface area contributed by atoms with E-state index in [4.69, 9.17) is 25.3 Å². The van der Waals surface area contributed by atoms with Gasteiger partial charge in [-0.2, -0.15) is 25.3 Å². The summed E-state index contributed by atoms with van der Waals surface area (Å²) in [6.45, 7) is 10.5. The van der Waals surface area contributed by atoms with Gasteiger partial charge in [0.05, 0.1) is 5.37 Å². The second kappa shape index (κ2) is 8.25. The predicted octanol–water partition coefficient (Wildman–Crippen LogP) is 0.426. The molecule has 118 valence electrons. The molecule has 4 nitrogen and oxygen atoms in total. The van der Waals surface area contributed by atoms with Crippen molar-refractivity contribution in [2.75, 3.05) is 73.0 Å². The van der Waals surface area contributed by atoms with Gasteiger partial charge in [0.2, 0.25) is 0 Å². The van der Waals surface area contributed by atoms with Gasteiger partial charge >= 0.3 is 0 Å². The van der Waals surface area contributed by atoms with Crippen LogP contribution in [0.1, 0.15) is 6.42 Å². The normalized spacial score (nSPS) is 27.6. The molecular weight excluding hydrogens is 288 g/mol. The van der Waals surface area contributed by atoms with Crippen LogP contribution in [0.25, 0.3) is 0 Å². The van der Waals surface area contributed by atoms with Crippen LogP contribution in [0.2, 0.25) is 0 Å². The number of rotatable bonds is 5. The summed E-state index contributed by atoms with van der Waals surface area (Å²) in [6, 6.07) is 0. The van der Waals surface area contributed by atoms with Crippen molar-refractivity contribution >= 4 is 25.3 Å². The molecule has 2 aliphatic rings. The van der Waals surface area contributed by atoms with Crippen LogP contribution in [-0.4, -0.2) is 103 Å². The van der Waals surface area contributed by atoms with E-state index in [1.165, 1.54) is 26.2 Å². The summed E-state index contributed by atoms with van der Waals surface area (Å²) in [7, 11) is 4.40. The fourth-order valence-corrected chi connectivity index (χ4v) is 3.55. The molecule has 2 aliphatic heterocycles. The van der Waals surface area contributed by atoms with Crippen molar-refractivity contribution in [3.63, 3.8) is 0 Å². The lowest BCUT2D eigenvalue weighted by atomic mass is 10.2. The van der Waals surface area contributed by atoms with Gasteiger partial charge in [-0.05, 0) is 27.1 Å². The molecule has 6 heteroatoms. The SMILES string of the molecule is CN1CCN(CCC(S)C(S)N2CCN(C)CC2)CC1. The van der Waals surface area contributed by atoms with Crippen LogP contribution in [0.3, 0.4) is 0 Å². The summed E-state index contributed by atoms with van der Waals surface area (Å²) >= 11 is 9.62. The summed E-state index contributed by atoms with van der Waals surface area (Å²) in [5, 5.41) is 0.654. The van der Waals surface area contributed by atoms with Crippen molar-refractivity contribution < 1.29 is 0 Å². The van der Waals surface area contributed by atoms with E-state index in [9.17, 15) is 0 Å². The number of hydrogen-bond acceptors (Lipinski definition) is 6. The molecule has 0 bridgehead atoms. The third kappa shape index (κ3) is 5.07. The fraction of sp³-hybridized carbons (Fsp3) is 1.00. The van der Waals surface area contributed by atoms with E-state index in [0.29, 0.717) is 10.6 Å². The van der Waals surface area contributed by atoms with Crippen LogP contribution >= 0.6 is 25.3 Å². The Balaban J connectivity index is 1.67. The molecule has 0 saturated carbocycles. The maximum Gasteiger partial charge on any atom is 0.0646 e. The average molecular weight is 319 g/mol. The Labute approximate surface area is 135 Å². The predicted molar refractivity (Wildman–Crippen MR) is 93.2 cm³/mol. The number of piperazine rings is 2. The van der Waals surface area contributed by atoms with Gasteiger partial charge in [0.1, 0.15) is 0 Å². The number of thiol groups is 2. The minimum Gasteiger partial charge on any atom is -0.304 e. The molecule has 0 N–H and O–H groups in total. The first-order chi connectivity index (χ1) is 9.56. The molecule has 2 unspecified atom stereocenters. The van der Waals surface area contributed by atoms with Crippen LogP contribution in [0.4, 0.5) is 0 Å². The molecular formula is C14H30N4S2. The minimum atomic E-state index is 0.291. The Morgan fingerprint density at radius 2 is 1.30 bits per heavy atom. The van der Waals surface area contributed by atoms with Gasteiger partial charge in [-0.1, -0.05) is 0 Å². The highest BCUT2D eigenvalue weighted by atomic mass is 32.1. The summed E-state index contributed by atoms with van der Waals surface area (Å²) in [5.41, 5.74) is 0. The second-order valence-electron chi connectivity index (χ2n) is 6.25. The van der Waals surface area contributed by atoms with E-state index >= 15 is 0 Å². The van der Waals surface area contributed by atoms with Crippen molar-refractivity contribution in [2.45, 2.75) is 17.0 Å². The zero-order valence-electron chi connectivity index (χ0n) is 12.9. The third-order valence-corrected chi connectivity index (χ3v) is 6.06. The molecule has 0 spiro atoms. The lowest BCUT2D eigenvalue weighted by Gasteiger charge is -2.39. The maximum atomic E-state index is 4.81. The Bertz CT molecular complexity index is 276. The van der Waals surface area contributed by atoms with Crippen molar-refractivity contribution in [3.8, 4) is 0 Å². The molecule has 0 aromatic carbocycles. The highest BCUT2D eigenvalue weighted by molar-refractivity contribution is 7.85. The highest BCUT2D eigenvalue weighted by Gasteiger charge is 2.25. The summed E-state index contributed by atoms with van der Waals surface area (Å²) in [6.07, 6.45) is 1.13. The molecule has 0 aromatic heterocycles. The summed E-state index contributed by atoms with van der Waals surface area (Å²) in [5.74, 6) is 0. The smallest absolute Gasteiger partial charge is 0.0646 e. The lowest BCUT2D eigenvalue weighted by Crippen LogP contribution is -2.50. The van der Waals surface area contributed by atoms with Crippen LogP contribution in [-0.2, 0) is 0 Å². The van der Waals surface area contributed by atoms with Crippen molar-refractivity contribution in [2.24, 2.45) is 0 Å². The van der Waals surface area contributed by atoms with E-state index < -0.39 is 0 Å². The highest BCUT2D eigenvalue weighted by Crippen LogP contribution is 2.19. The van der Waals surface area contributed by atoms with Gasteiger partial charge in [0, 0.05) is 57.6 Å². The van der Waals surface area contributed by atoms with Crippen LogP contribution in [0.5, 0.6) is 0 Å².